The van der Waals surface area contributed by atoms with Crippen LogP contribution in [0.15, 0.2) is 89.9 Å². The summed E-state index contributed by atoms with van der Waals surface area (Å²) >= 11 is 0. The Morgan fingerprint density at radius 2 is 1.73 bits per heavy atom. The molecule has 6 heteroatoms. The van der Waals surface area contributed by atoms with Crippen molar-refractivity contribution >= 4 is 23.9 Å². The number of methoxy groups -OCH3 is 1. The molecule has 0 aliphatic heterocycles. The van der Waals surface area contributed by atoms with Crippen molar-refractivity contribution in [1.29, 1.82) is 0 Å². The van der Waals surface area contributed by atoms with Crippen molar-refractivity contribution in [3.63, 3.8) is 0 Å². The Morgan fingerprint density at radius 1 is 1.12 bits per heavy atom. The largest absolute Gasteiger partial charge is 0.496 e. The minimum Gasteiger partial charge on any atom is -0.496 e. The van der Waals surface area contributed by atoms with E-state index in [0.717, 1.165) is 62.2 Å². The molecule has 0 aliphatic carbocycles. The maximum atomic E-state index is 8.58. The molecular weight excluding hydrogens is 508 g/mol. The molecule has 1 heterocycles. The zero-order valence-corrected chi connectivity index (χ0v) is 26.8. The Hall–Kier alpha value is -4.19. The van der Waals surface area contributed by atoms with Gasteiger partial charge in [0.25, 0.3) is 0 Å². The number of carbonyl (C=O) groups is 1. The lowest BCUT2D eigenvalue weighted by atomic mass is 10.00. The molecule has 0 fully saturated rings. The number of allylic oxidation sites excluding steroid dienone is 5. The van der Waals surface area contributed by atoms with Gasteiger partial charge >= 0.3 is 0 Å². The SMILES string of the molecule is C=C(/C=C\C(=C)N(C)/C=C(\C)c1ccnc(C)c1)/C(C)=C(/N=CC)c1ccc(OC)c(C)c1.CCC(C)C.NC=O. The molecule has 6 nitrogen and oxygen atoms in total. The maximum Gasteiger partial charge on any atom is 0.204 e. The number of amides is 1. The van der Waals surface area contributed by atoms with Gasteiger partial charge in [-0.1, -0.05) is 46.4 Å². The number of aryl methyl sites for hydroxylation is 2. The number of carbonyl (C=O) groups excluding carboxylic acids is 1. The lowest BCUT2D eigenvalue weighted by molar-refractivity contribution is -0.106. The van der Waals surface area contributed by atoms with E-state index in [-0.39, 0.29) is 6.41 Å². The van der Waals surface area contributed by atoms with Crippen LogP contribution < -0.4 is 10.5 Å². The van der Waals surface area contributed by atoms with Crippen LogP contribution in [-0.4, -0.2) is 36.7 Å². The van der Waals surface area contributed by atoms with Crippen molar-refractivity contribution in [2.75, 3.05) is 14.2 Å². The standard InChI is InChI=1S/C29H35N3O.C5H12.CH3NO/c1-10-30-29(27-13-14-28(33-9)21(3)17-27)25(7)20(2)11-12-24(6)32(8)19-22(4)26-15-16-31-23(5)18-26;1-4-5(2)3;2-1-3/h10-19H,2,6H2,1,3-5,7-9H3;5H,4H2,1-3H3;1H,(H2,2,3)/b12-11-,22-19+,29-25+,30-10?;;. The summed E-state index contributed by atoms with van der Waals surface area (Å²) in [5.74, 6) is 1.74. The van der Waals surface area contributed by atoms with Gasteiger partial charge in [-0.3, -0.25) is 14.8 Å². The number of nitrogens with two attached hydrogens (primary N) is 1. The van der Waals surface area contributed by atoms with E-state index in [1.54, 1.807) is 13.3 Å². The van der Waals surface area contributed by atoms with E-state index in [9.17, 15) is 0 Å². The molecule has 1 aromatic heterocycles. The van der Waals surface area contributed by atoms with Crippen molar-refractivity contribution in [1.82, 2.24) is 9.88 Å². The molecule has 0 spiro atoms. The normalized spacial score (nSPS) is 11.7. The number of pyridine rings is 1. The number of hydrogen-bond donors (Lipinski definition) is 1. The first-order valence-corrected chi connectivity index (χ1v) is 13.8. The summed E-state index contributed by atoms with van der Waals surface area (Å²) in [5, 5.41) is 0. The van der Waals surface area contributed by atoms with Gasteiger partial charge in [-0.2, -0.15) is 0 Å². The Kier molecular flexibility index (Phi) is 17.8. The van der Waals surface area contributed by atoms with Gasteiger partial charge in [-0.25, -0.2) is 0 Å². The van der Waals surface area contributed by atoms with Gasteiger partial charge in [0.1, 0.15) is 5.75 Å². The minimum atomic E-state index is 0.250. The predicted octanol–water partition coefficient (Wildman–Crippen LogP) is 8.30. The fraction of sp³-hybridized carbons (Fsp3) is 0.343. The van der Waals surface area contributed by atoms with Crippen LogP contribution in [-0.2, 0) is 4.79 Å². The summed E-state index contributed by atoms with van der Waals surface area (Å²) in [6.45, 7) is 25.2. The van der Waals surface area contributed by atoms with E-state index >= 15 is 0 Å². The maximum absolute atomic E-state index is 8.58. The molecule has 0 saturated heterocycles. The molecule has 0 saturated carbocycles. The molecule has 0 atom stereocenters. The highest BCUT2D eigenvalue weighted by Crippen LogP contribution is 2.29. The molecule has 2 N–H and O–H groups in total. The first-order valence-electron chi connectivity index (χ1n) is 13.8. The monoisotopic (exact) mass is 558 g/mol. The highest BCUT2D eigenvalue weighted by molar-refractivity contribution is 5.78. The average molecular weight is 559 g/mol. The van der Waals surface area contributed by atoms with Gasteiger partial charge in [0, 0.05) is 42.6 Å². The smallest absolute Gasteiger partial charge is 0.204 e. The summed E-state index contributed by atoms with van der Waals surface area (Å²) in [5.41, 5.74) is 13.2. The van der Waals surface area contributed by atoms with Crippen LogP contribution >= 0.6 is 0 Å². The number of likely N-dealkylation sites (N-methyl/N-ethyl adjacent to an activating group) is 1. The van der Waals surface area contributed by atoms with Crippen LogP contribution in [0.2, 0.25) is 0 Å². The molecule has 2 rings (SSSR count). The topological polar surface area (TPSA) is 80.8 Å². The number of primary amides is 1. The summed E-state index contributed by atoms with van der Waals surface area (Å²) < 4.78 is 5.39. The fourth-order valence-corrected chi connectivity index (χ4v) is 3.37. The van der Waals surface area contributed by atoms with Crippen molar-refractivity contribution in [2.24, 2.45) is 16.6 Å². The van der Waals surface area contributed by atoms with Crippen molar-refractivity contribution < 1.29 is 9.53 Å². The van der Waals surface area contributed by atoms with E-state index < -0.39 is 0 Å². The zero-order chi connectivity index (χ0) is 31.5. The number of benzene rings is 1. The van der Waals surface area contributed by atoms with Crippen LogP contribution in [0.1, 0.15) is 70.3 Å². The Bertz CT molecular complexity index is 1270. The molecule has 0 bridgehead atoms. The minimum absolute atomic E-state index is 0.250. The quantitative estimate of drug-likeness (QED) is 0.181. The third kappa shape index (κ3) is 13.6. The second-order valence-corrected chi connectivity index (χ2v) is 9.94. The molecule has 2 aromatic rings. The summed E-state index contributed by atoms with van der Waals surface area (Å²) in [6, 6.07) is 10.2. The predicted molar refractivity (Wildman–Crippen MR) is 178 cm³/mol. The van der Waals surface area contributed by atoms with E-state index in [1.807, 2.05) is 76.2 Å². The summed E-state index contributed by atoms with van der Waals surface area (Å²) in [6.07, 6.45) is 11.2. The number of nitrogens with zero attached hydrogens (tertiary/aromatic N) is 3. The van der Waals surface area contributed by atoms with Crippen LogP contribution in [0.3, 0.4) is 0 Å². The second kappa shape index (κ2) is 19.8. The number of rotatable bonds is 10. The highest BCUT2D eigenvalue weighted by atomic mass is 16.5. The van der Waals surface area contributed by atoms with Crippen LogP contribution in [0.4, 0.5) is 0 Å². The third-order valence-electron chi connectivity index (χ3n) is 6.25. The molecule has 0 unspecified atom stereocenters. The molecule has 1 aromatic carbocycles. The molecule has 41 heavy (non-hydrogen) atoms. The van der Waals surface area contributed by atoms with E-state index in [1.165, 1.54) is 6.42 Å². The number of aliphatic imine (C=N–C) groups is 1. The van der Waals surface area contributed by atoms with Gasteiger partial charge < -0.3 is 15.4 Å². The second-order valence-electron chi connectivity index (χ2n) is 9.94. The van der Waals surface area contributed by atoms with Gasteiger partial charge in [0.2, 0.25) is 6.41 Å². The van der Waals surface area contributed by atoms with Gasteiger partial charge in [0.05, 0.1) is 12.8 Å². The Morgan fingerprint density at radius 3 is 2.22 bits per heavy atom. The molecular formula is C35H50N4O2. The van der Waals surface area contributed by atoms with Gasteiger partial charge in [-0.15, -0.1) is 0 Å². The number of hydrogen-bond acceptors (Lipinski definition) is 5. The van der Waals surface area contributed by atoms with Crippen molar-refractivity contribution in [2.45, 2.75) is 61.8 Å². The third-order valence-corrected chi connectivity index (χ3v) is 6.25. The fourth-order valence-electron chi connectivity index (χ4n) is 3.37. The lowest BCUT2D eigenvalue weighted by Gasteiger charge is -2.16. The van der Waals surface area contributed by atoms with Crippen LogP contribution in [0.5, 0.6) is 5.75 Å². The van der Waals surface area contributed by atoms with E-state index in [4.69, 9.17) is 9.53 Å². The molecule has 1 amide bonds. The average Bonchev–Trinajstić information content (AvgIpc) is 2.94. The first kappa shape index (κ1) is 36.8. The molecule has 222 valence electrons. The Labute approximate surface area is 248 Å². The number of ether oxygens (including phenoxy) is 1. The van der Waals surface area contributed by atoms with Gasteiger partial charge in [0.15, 0.2) is 0 Å². The lowest BCUT2D eigenvalue weighted by Crippen LogP contribution is -2.08. The zero-order valence-electron chi connectivity index (χ0n) is 26.8. The van der Waals surface area contributed by atoms with Crippen LogP contribution in [0.25, 0.3) is 11.3 Å². The van der Waals surface area contributed by atoms with E-state index in [0.29, 0.717) is 0 Å². The van der Waals surface area contributed by atoms with Crippen molar-refractivity contribution in [3.05, 3.63) is 107 Å². The first-order chi connectivity index (χ1) is 19.4. The summed E-state index contributed by atoms with van der Waals surface area (Å²) in [4.78, 5) is 19.5. The summed E-state index contributed by atoms with van der Waals surface area (Å²) in [7, 11) is 3.67. The van der Waals surface area contributed by atoms with Gasteiger partial charge in [-0.05, 0) is 105 Å². The van der Waals surface area contributed by atoms with Crippen molar-refractivity contribution in [3.8, 4) is 5.75 Å². The molecule has 0 aliphatic rings. The Balaban J connectivity index is 0.00000177. The van der Waals surface area contributed by atoms with Crippen LogP contribution in [0, 0.1) is 19.8 Å². The highest BCUT2D eigenvalue weighted by Gasteiger charge is 2.09. The molecule has 0 radical (unpaired) electrons. The number of aromatic nitrogens is 1. The van der Waals surface area contributed by atoms with E-state index in [2.05, 4.69) is 74.9 Å².